The van der Waals surface area contributed by atoms with E-state index in [1.165, 1.54) is 22.5 Å². The van der Waals surface area contributed by atoms with Crippen LogP contribution in [0.4, 0.5) is 8.78 Å². The van der Waals surface area contributed by atoms with Crippen molar-refractivity contribution in [3.05, 3.63) is 41.1 Å². The number of thioether (sulfide) groups is 1. The Labute approximate surface area is 114 Å². The van der Waals surface area contributed by atoms with Crippen molar-refractivity contribution in [3.8, 4) is 5.88 Å². The molecule has 19 heavy (non-hydrogen) atoms. The molecule has 0 unspecified atom stereocenters. The van der Waals surface area contributed by atoms with Gasteiger partial charge in [0.2, 0.25) is 5.88 Å². The SMILES string of the molecule is Cc1nn(C)c(O)c1SCc1ccccc1C(F)F. The summed E-state index contributed by atoms with van der Waals surface area (Å²) < 4.78 is 27.1. The molecule has 2 aromatic rings. The molecule has 6 heteroatoms. The van der Waals surface area contributed by atoms with Crippen molar-refractivity contribution in [3.63, 3.8) is 0 Å². The normalized spacial score (nSPS) is 11.2. The summed E-state index contributed by atoms with van der Waals surface area (Å²) in [6.45, 7) is 1.78. The van der Waals surface area contributed by atoms with Gasteiger partial charge in [-0.05, 0) is 12.5 Å². The number of hydrogen-bond acceptors (Lipinski definition) is 3. The van der Waals surface area contributed by atoms with Crippen molar-refractivity contribution in [1.82, 2.24) is 9.78 Å². The van der Waals surface area contributed by atoms with Gasteiger partial charge in [0.15, 0.2) is 0 Å². The molecule has 0 aliphatic heterocycles. The first-order chi connectivity index (χ1) is 9.00. The Morgan fingerprint density at radius 1 is 1.37 bits per heavy atom. The van der Waals surface area contributed by atoms with Crippen LogP contribution in [0.5, 0.6) is 5.88 Å². The second-order valence-corrected chi connectivity index (χ2v) is 5.14. The largest absolute Gasteiger partial charge is 0.493 e. The average molecular weight is 284 g/mol. The summed E-state index contributed by atoms with van der Waals surface area (Å²) in [5, 5.41) is 13.9. The van der Waals surface area contributed by atoms with Gasteiger partial charge in [-0.15, -0.1) is 11.8 Å². The van der Waals surface area contributed by atoms with Crippen molar-refractivity contribution in [2.45, 2.75) is 24.0 Å². The first-order valence-corrected chi connectivity index (χ1v) is 6.70. The molecule has 0 radical (unpaired) electrons. The van der Waals surface area contributed by atoms with Crippen molar-refractivity contribution in [2.24, 2.45) is 7.05 Å². The topological polar surface area (TPSA) is 38.0 Å². The van der Waals surface area contributed by atoms with Crippen LogP contribution in [0.2, 0.25) is 0 Å². The van der Waals surface area contributed by atoms with Gasteiger partial charge in [0.25, 0.3) is 6.43 Å². The zero-order chi connectivity index (χ0) is 14.0. The smallest absolute Gasteiger partial charge is 0.264 e. The number of rotatable bonds is 4. The molecule has 0 aliphatic carbocycles. The summed E-state index contributed by atoms with van der Waals surface area (Å²) in [5.41, 5.74) is 1.31. The van der Waals surface area contributed by atoms with Gasteiger partial charge in [0, 0.05) is 18.4 Å². The van der Waals surface area contributed by atoms with Gasteiger partial charge in [-0.1, -0.05) is 24.3 Å². The molecule has 1 N–H and O–H groups in total. The molecular weight excluding hydrogens is 270 g/mol. The molecule has 2 rings (SSSR count). The highest BCUT2D eigenvalue weighted by Gasteiger charge is 2.16. The van der Waals surface area contributed by atoms with Crippen LogP contribution < -0.4 is 0 Å². The van der Waals surface area contributed by atoms with Crippen LogP contribution in [0.3, 0.4) is 0 Å². The molecule has 0 saturated carbocycles. The second kappa shape index (κ2) is 5.61. The Morgan fingerprint density at radius 3 is 2.63 bits per heavy atom. The maximum absolute atomic E-state index is 12.8. The highest BCUT2D eigenvalue weighted by atomic mass is 32.2. The Bertz CT molecular complexity index is 584. The highest BCUT2D eigenvalue weighted by Crippen LogP contribution is 2.35. The van der Waals surface area contributed by atoms with Gasteiger partial charge >= 0.3 is 0 Å². The van der Waals surface area contributed by atoms with Crippen molar-refractivity contribution < 1.29 is 13.9 Å². The minimum absolute atomic E-state index is 0.0380. The van der Waals surface area contributed by atoms with E-state index in [4.69, 9.17) is 0 Å². The molecule has 0 spiro atoms. The van der Waals surface area contributed by atoms with E-state index in [0.29, 0.717) is 21.9 Å². The van der Waals surface area contributed by atoms with E-state index < -0.39 is 6.43 Å². The van der Waals surface area contributed by atoms with Crippen molar-refractivity contribution in [1.29, 1.82) is 0 Å². The molecule has 0 fully saturated rings. The van der Waals surface area contributed by atoms with Crippen LogP contribution in [-0.4, -0.2) is 14.9 Å². The molecular formula is C13H14F2N2OS. The van der Waals surface area contributed by atoms with E-state index in [9.17, 15) is 13.9 Å². The monoisotopic (exact) mass is 284 g/mol. The second-order valence-electron chi connectivity index (χ2n) is 4.15. The highest BCUT2D eigenvalue weighted by molar-refractivity contribution is 7.98. The zero-order valence-electron chi connectivity index (χ0n) is 10.6. The lowest BCUT2D eigenvalue weighted by Gasteiger charge is -2.08. The first kappa shape index (κ1) is 13.9. The number of aryl methyl sites for hydroxylation is 2. The molecule has 0 atom stereocenters. The summed E-state index contributed by atoms with van der Waals surface area (Å²) in [6.07, 6.45) is -2.49. The van der Waals surface area contributed by atoms with E-state index in [2.05, 4.69) is 5.10 Å². The average Bonchev–Trinajstić information content (AvgIpc) is 2.61. The minimum atomic E-state index is -2.49. The zero-order valence-corrected chi connectivity index (χ0v) is 11.4. The molecule has 0 bridgehead atoms. The fourth-order valence-electron chi connectivity index (χ4n) is 1.82. The van der Waals surface area contributed by atoms with Crippen LogP contribution in [0.25, 0.3) is 0 Å². The van der Waals surface area contributed by atoms with E-state index in [1.807, 2.05) is 0 Å². The number of aromatic nitrogens is 2. The number of halogens is 2. The summed E-state index contributed by atoms with van der Waals surface area (Å²) in [6, 6.07) is 6.44. The molecule has 1 aromatic carbocycles. The Morgan fingerprint density at radius 2 is 2.05 bits per heavy atom. The van der Waals surface area contributed by atoms with Gasteiger partial charge in [-0.25, -0.2) is 13.5 Å². The van der Waals surface area contributed by atoms with Gasteiger partial charge in [-0.2, -0.15) is 5.10 Å². The van der Waals surface area contributed by atoms with Crippen LogP contribution in [0.1, 0.15) is 23.2 Å². The maximum Gasteiger partial charge on any atom is 0.264 e. The summed E-state index contributed by atoms with van der Waals surface area (Å²) >= 11 is 1.31. The van der Waals surface area contributed by atoms with Crippen LogP contribution in [0, 0.1) is 6.92 Å². The molecule has 102 valence electrons. The fraction of sp³-hybridized carbons (Fsp3) is 0.308. The van der Waals surface area contributed by atoms with Crippen LogP contribution >= 0.6 is 11.8 Å². The lowest BCUT2D eigenvalue weighted by molar-refractivity contribution is 0.150. The third-order valence-electron chi connectivity index (χ3n) is 2.80. The molecule has 1 aromatic heterocycles. The third-order valence-corrected chi connectivity index (χ3v) is 4.02. The summed E-state index contributed by atoms with van der Waals surface area (Å²) in [5.74, 6) is 0.442. The van der Waals surface area contributed by atoms with E-state index in [-0.39, 0.29) is 11.4 Å². The lowest BCUT2D eigenvalue weighted by Crippen LogP contribution is -1.92. The standard InChI is InChI=1S/C13H14F2N2OS/c1-8-11(13(18)17(2)16-8)19-7-9-5-3-4-6-10(9)12(14)15/h3-6,12,18H,7H2,1-2H3. The first-order valence-electron chi connectivity index (χ1n) is 5.72. The van der Waals surface area contributed by atoms with Gasteiger partial charge in [0.1, 0.15) is 0 Å². The van der Waals surface area contributed by atoms with Gasteiger partial charge in [0.05, 0.1) is 10.6 Å². The number of alkyl halides is 2. The summed E-state index contributed by atoms with van der Waals surface area (Å²) in [7, 11) is 1.64. The quantitative estimate of drug-likeness (QED) is 0.871. The predicted octanol–water partition coefficient (Wildman–Crippen LogP) is 3.66. The molecule has 1 heterocycles. The van der Waals surface area contributed by atoms with Gasteiger partial charge in [-0.3, -0.25) is 0 Å². The van der Waals surface area contributed by atoms with Crippen LogP contribution in [0.15, 0.2) is 29.2 Å². The van der Waals surface area contributed by atoms with E-state index in [1.54, 1.807) is 32.2 Å². The molecule has 0 amide bonds. The number of benzene rings is 1. The third kappa shape index (κ3) is 2.89. The predicted molar refractivity (Wildman–Crippen MR) is 70.6 cm³/mol. The molecule has 0 saturated heterocycles. The lowest BCUT2D eigenvalue weighted by atomic mass is 10.1. The number of hydrogen-bond donors (Lipinski definition) is 1. The summed E-state index contributed by atoms with van der Waals surface area (Å²) in [4.78, 5) is 0.631. The van der Waals surface area contributed by atoms with Crippen molar-refractivity contribution >= 4 is 11.8 Å². The van der Waals surface area contributed by atoms with E-state index in [0.717, 1.165) is 0 Å². The fourth-order valence-corrected chi connectivity index (χ4v) is 2.90. The Balaban J connectivity index is 2.19. The Kier molecular flexibility index (Phi) is 4.09. The number of nitrogens with zero attached hydrogens (tertiary/aromatic N) is 2. The Hall–Kier alpha value is -1.56. The maximum atomic E-state index is 12.8. The van der Waals surface area contributed by atoms with Crippen molar-refractivity contribution in [2.75, 3.05) is 0 Å². The minimum Gasteiger partial charge on any atom is -0.493 e. The molecule has 3 nitrogen and oxygen atoms in total. The van der Waals surface area contributed by atoms with Crippen LogP contribution in [-0.2, 0) is 12.8 Å². The van der Waals surface area contributed by atoms with Gasteiger partial charge < -0.3 is 5.11 Å². The molecule has 0 aliphatic rings. The number of aromatic hydroxyl groups is 1. The van der Waals surface area contributed by atoms with E-state index >= 15 is 0 Å².